The number of aryl methyl sites for hydroxylation is 1. The van der Waals surface area contributed by atoms with Gasteiger partial charge in [-0.25, -0.2) is 0 Å². The molecule has 1 heterocycles. The second-order valence-corrected chi connectivity index (χ2v) is 4.80. The average molecular weight is 222 g/mol. The molecule has 0 atom stereocenters. The quantitative estimate of drug-likeness (QED) is 0.716. The van der Waals surface area contributed by atoms with E-state index >= 15 is 0 Å². The summed E-state index contributed by atoms with van der Waals surface area (Å²) in [6, 6.07) is 8.01. The number of benzene rings is 1. The third-order valence-electron chi connectivity index (χ3n) is 2.21. The van der Waals surface area contributed by atoms with E-state index in [0.29, 0.717) is 6.42 Å². The summed E-state index contributed by atoms with van der Waals surface area (Å²) in [6.07, 6.45) is 0.480. The largest absolute Gasteiger partial charge is 0.198 e. The molecule has 1 aromatic heterocycles. The van der Waals surface area contributed by atoms with Crippen LogP contribution in [0.15, 0.2) is 18.2 Å². The first-order valence-electron chi connectivity index (χ1n) is 4.27. The molecule has 2 aromatic rings. The van der Waals surface area contributed by atoms with Crippen LogP contribution in [-0.2, 0) is 6.42 Å². The van der Waals surface area contributed by atoms with Gasteiger partial charge in [0.05, 0.1) is 12.5 Å². The fraction of sp³-hybridized carbons (Fsp3) is 0.182. The SMILES string of the molecule is Cc1sc2cc(Cl)ccc2c1CC#N. The lowest BCUT2D eigenvalue weighted by Gasteiger charge is -1.94. The van der Waals surface area contributed by atoms with Gasteiger partial charge in [0.15, 0.2) is 0 Å². The third kappa shape index (κ3) is 1.50. The predicted octanol–water partition coefficient (Wildman–Crippen LogP) is 3.93. The average Bonchev–Trinajstić information content (AvgIpc) is 2.43. The molecule has 0 saturated carbocycles. The predicted molar refractivity (Wildman–Crippen MR) is 60.9 cm³/mol. The summed E-state index contributed by atoms with van der Waals surface area (Å²) in [5, 5.41) is 10.6. The molecule has 0 aliphatic rings. The molecule has 70 valence electrons. The molecule has 0 unspecified atom stereocenters. The minimum atomic E-state index is 0.480. The number of hydrogen-bond donors (Lipinski definition) is 0. The fourth-order valence-corrected chi connectivity index (χ4v) is 2.90. The van der Waals surface area contributed by atoms with Crippen LogP contribution in [0.25, 0.3) is 10.1 Å². The molecule has 1 aromatic carbocycles. The van der Waals surface area contributed by atoms with Crippen molar-refractivity contribution in [2.45, 2.75) is 13.3 Å². The molecule has 0 aliphatic heterocycles. The number of halogens is 1. The van der Waals surface area contributed by atoms with E-state index in [0.717, 1.165) is 10.6 Å². The van der Waals surface area contributed by atoms with E-state index in [2.05, 4.69) is 6.07 Å². The van der Waals surface area contributed by atoms with Crippen molar-refractivity contribution in [1.82, 2.24) is 0 Å². The zero-order valence-corrected chi connectivity index (χ0v) is 9.25. The first kappa shape index (κ1) is 9.51. The summed E-state index contributed by atoms with van der Waals surface area (Å²) in [7, 11) is 0. The van der Waals surface area contributed by atoms with Gasteiger partial charge >= 0.3 is 0 Å². The normalized spacial score (nSPS) is 10.4. The highest BCUT2D eigenvalue weighted by Gasteiger charge is 2.08. The zero-order valence-electron chi connectivity index (χ0n) is 7.67. The summed E-state index contributed by atoms with van der Waals surface area (Å²) in [5.74, 6) is 0. The van der Waals surface area contributed by atoms with E-state index in [9.17, 15) is 0 Å². The van der Waals surface area contributed by atoms with E-state index in [1.54, 1.807) is 11.3 Å². The number of fused-ring (bicyclic) bond motifs is 1. The van der Waals surface area contributed by atoms with Crippen molar-refractivity contribution in [3.63, 3.8) is 0 Å². The molecule has 0 bridgehead atoms. The topological polar surface area (TPSA) is 23.8 Å². The molecule has 0 spiro atoms. The molecule has 1 nitrogen and oxygen atoms in total. The Morgan fingerprint density at radius 3 is 3.00 bits per heavy atom. The van der Waals surface area contributed by atoms with Gasteiger partial charge < -0.3 is 0 Å². The van der Waals surface area contributed by atoms with Crippen molar-refractivity contribution in [3.8, 4) is 6.07 Å². The number of nitriles is 1. The van der Waals surface area contributed by atoms with Gasteiger partial charge in [-0.05, 0) is 30.0 Å². The van der Waals surface area contributed by atoms with Crippen molar-refractivity contribution in [3.05, 3.63) is 33.7 Å². The molecule has 0 aliphatic carbocycles. The van der Waals surface area contributed by atoms with Gasteiger partial charge in [-0.3, -0.25) is 0 Å². The minimum absolute atomic E-state index is 0.480. The second-order valence-electron chi connectivity index (χ2n) is 3.11. The van der Waals surface area contributed by atoms with Gasteiger partial charge in [0.25, 0.3) is 0 Å². The van der Waals surface area contributed by atoms with Crippen molar-refractivity contribution >= 4 is 33.0 Å². The molecule has 0 fully saturated rings. The first-order chi connectivity index (χ1) is 6.72. The Morgan fingerprint density at radius 2 is 2.29 bits per heavy atom. The second kappa shape index (κ2) is 3.61. The minimum Gasteiger partial charge on any atom is -0.198 e. The Hall–Kier alpha value is -1.04. The molecular formula is C11H8ClNS. The van der Waals surface area contributed by atoms with Crippen molar-refractivity contribution in [2.75, 3.05) is 0 Å². The number of nitrogens with zero attached hydrogens (tertiary/aromatic N) is 1. The first-order valence-corrected chi connectivity index (χ1v) is 5.46. The van der Waals surface area contributed by atoms with Gasteiger partial charge in [-0.2, -0.15) is 5.26 Å². The Morgan fingerprint density at radius 1 is 1.50 bits per heavy atom. The fourth-order valence-electron chi connectivity index (χ4n) is 1.54. The van der Waals surface area contributed by atoms with E-state index in [-0.39, 0.29) is 0 Å². The summed E-state index contributed by atoms with van der Waals surface area (Å²) in [5.41, 5.74) is 1.14. The summed E-state index contributed by atoms with van der Waals surface area (Å²) < 4.78 is 1.17. The van der Waals surface area contributed by atoms with Crippen molar-refractivity contribution in [2.24, 2.45) is 0 Å². The molecule has 0 amide bonds. The van der Waals surface area contributed by atoms with Gasteiger partial charge in [0.1, 0.15) is 0 Å². The molecule has 2 rings (SSSR count). The highest BCUT2D eigenvalue weighted by molar-refractivity contribution is 7.19. The molecule has 14 heavy (non-hydrogen) atoms. The van der Waals surface area contributed by atoms with E-state index in [1.165, 1.54) is 15.0 Å². The maximum absolute atomic E-state index is 8.71. The molecule has 0 saturated heterocycles. The standard InChI is InChI=1S/C11H8ClNS/c1-7-9(4-5-13)10-3-2-8(12)6-11(10)14-7/h2-3,6H,4H2,1H3. The van der Waals surface area contributed by atoms with Gasteiger partial charge in [0, 0.05) is 14.6 Å². The molecule has 0 radical (unpaired) electrons. The monoisotopic (exact) mass is 221 g/mol. The summed E-state index contributed by atoms with van der Waals surface area (Å²) >= 11 is 7.60. The molecule has 3 heteroatoms. The van der Waals surface area contributed by atoms with Crippen LogP contribution in [0.3, 0.4) is 0 Å². The maximum Gasteiger partial charge on any atom is 0.0670 e. The van der Waals surface area contributed by atoms with Crippen LogP contribution in [0.5, 0.6) is 0 Å². The Balaban J connectivity index is 2.72. The number of hydrogen-bond acceptors (Lipinski definition) is 2. The smallest absolute Gasteiger partial charge is 0.0670 e. The Kier molecular flexibility index (Phi) is 2.45. The maximum atomic E-state index is 8.71. The van der Waals surface area contributed by atoms with Crippen LogP contribution >= 0.6 is 22.9 Å². The van der Waals surface area contributed by atoms with Gasteiger partial charge in [-0.1, -0.05) is 17.7 Å². The van der Waals surface area contributed by atoms with Crippen LogP contribution in [0.4, 0.5) is 0 Å². The number of rotatable bonds is 1. The van der Waals surface area contributed by atoms with Crippen LogP contribution in [-0.4, -0.2) is 0 Å². The lowest BCUT2D eigenvalue weighted by Crippen LogP contribution is -1.80. The van der Waals surface area contributed by atoms with E-state index < -0.39 is 0 Å². The summed E-state index contributed by atoms with van der Waals surface area (Å²) in [4.78, 5) is 1.21. The highest BCUT2D eigenvalue weighted by Crippen LogP contribution is 2.32. The third-order valence-corrected chi connectivity index (χ3v) is 3.56. The van der Waals surface area contributed by atoms with Crippen LogP contribution in [0.1, 0.15) is 10.4 Å². The molecular weight excluding hydrogens is 214 g/mol. The van der Waals surface area contributed by atoms with Gasteiger partial charge in [-0.15, -0.1) is 11.3 Å². The van der Waals surface area contributed by atoms with Gasteiger partial charge in [0.2, 0.25) is 0 Å². The lowest BCUT2D eigenvalue weighted by atomic mass is 10.1. The van der Waals surface area contributed by atoms with Crippen LogP contribution < -0.4 is 0 Å². The lowest BCUT2D eigenvalue weighted by molar-refractivity contribution is 1.27. The van der Waals surface area contributed by atoms with E-state index in [4.69, 9.17) is 16.9 Å². The number of thiophene rings is 1. The molecule has 0 N–H and O–H groups in total. The summed E-state index contributed by atoms with van der Waals surface area (Å²) in [6.45, 7) is 2.05. The Bertz CT molecular complexity index is 522. The van der Waals surface area contributed by atoms with E-state index in [1.807, 2.05) is 25.1 Å². The van der Waals surface area contributed by atoms with Crippen molar-refractivity contribution < 1.29 is 0 Å². The van der Waals surface area contributed by atoms with Crippen LogP contribution in [0.2, 0.25) is 5.02 Å². The highest BCUT2D eigenvalue weighted by atomic mass is 35.5. The van der Waals surface area contributed by atoms with Crippen molar-refractivity contribution in [1.29, 1.82) is 5.26 Å². The zero-order chi connectivity index (χ0) is 10.1. The van der Waals surface area contributed by atoms with Crippen LogP contribution in [0, 0.1) is 18.3 Å². The Labute approximate surface area is 91.5 Å².